The maximum absolute atomic E-state index is 14.3. The number of furan rings is 1. The van der Waals surface area contributed by atoms with Gasteiger partial charge in [0.25, 0.3) is 5.91 Å². The van der Waals surface area contributed by atoms with Gasteiger partial charge in [0.05, 0.1) is 23.4 Å². The molecule has 2 aromatic carbocycles. The minimum atomic E-state index is -0.308. The summed E-state index contributed by atoms with van der Waals surface area (Å²) < 4.78 is 21.9. The molecule has 4 aromatic rings. The van der Waals surface area contributed by atoms with Crippen molar-refractivity contribution in [3.63, 3.8) is 0 Å². The normalized spacial score (nSPS) is 15.1. The van der Waals surface area contributed by atoms with Gasteiger partial charge >= 0.3 is 0 Å². The fraction of sp³-hybridized carbons (Fsp3) is 0.0800. The summed E-state index contributed by atoms with van der Waals surface area (Å²) in [6, 6.07) is 18.2. The van der Waals surface area contributed by atoms with Crippen molar-refractivity contribution in [2.75, 3.05) is 0 Å². The van der Waals surface area contributed by atoms with E-state index in [4.69, 9.17) is 21.7 Å². The van der Waals surface area contributed by atoms with Crippen molar-refractivity contribution in [3.05, 3.63) is 101 Å². The highest BCUT2D eigenvalue weighted by molar-refractivity contribution is 8.26. The van der Waals surface area contributed by atoms with Crippen molar-refractivity contribution >= 4 is 40.3 Å². The number of amides is 1. The number of rotatable bonds is 5. The fourth-order valence-corrected chi connectivity index (χ4v) is 4.75. The molecular formula is C25H18FN3O2S2. The van der Waals surface area contributed by atoms with Crippen molar-refractivity contribution in [2.24, 2.45) is 0 Å². The number of aryl methyl sites for hydroxylation is 1. The molecule has 5 nitrogen and oxygen atoms in total. The zero-order chi connectivity index (χ0) is 22.9. The van der Waals surface area contributed by atoms with Crippen molar-refractivity contribution in [1.82, 2.24) is 14.7 Å². The number of halogens is 1. The van der Waals surface area contributed by atoms with Gasteiger partial charge in [-0.15, -0.1) is 0 Å². The highest BCUT2D eigenvalue weighted by Crippen LogP contribution is 2.36. The minimum absolute atomic E-state index is 0.199. The second kappa shape index (κ2) is 8.80. The summed E-state index contributed by atoms with van der Waals surface area (Å²) in [5, 5.41) is 4.71. The highest BCUT2D eigenvalue weighted by atomic mass is 32.2. The maximum Gasteiger partial charge on any atom is 0.266 e. The molecule has 0 unspecified atom stereocenters. The lowest BCUT2D eigenvalue weighted by molar-refractivity contribution is -0.122. The Morgan fingerprint density at radius 3 is 2.70 bits per heavy atom. The van der Waals surface area contributed by atoms with Crippen LogP contribution in [0.3, 0.4) is 0 Å². The van der Waals surface area contributed by atoms with Crippen LogP contribution in [0, 0.1) is 12.7 Å². The second-order valence-corrected chi connectivity index (χ2v) is 9.20. The van der Waals surface area contributed by atoms with E-state index in [2.05, 4.69) is 0 Å². The summed E-state index contributed by atoms with van der Waals surface area (Å²) in [5.74, 6) is 0.146. The lowest BCUT2D eigenvalue weighted by atomic mass is 10.1. The van der Waals surface area contributed by atoms with E-state index < -0.39 is 0 Å². The first kappa shape index (κ1) is 21.4. The number of para-hydroxylation sites is 1. The molecule has 0 bridgehead atoms. The summed E-state index contributed by atoms with van der Waals surface area (Å²) in [6.07, 6.45) is 5.16. The lowest BCUT2D eigenvalue weighted by Gasteiger charge is -2.11. The zero-order valence-corrected chi connectivity index (χ0v) is 19.2. The predicted molar refractivity (Wildman–Crippen MR) is 131 cm³/mol. The molecule has 0 N–H and O–H groups in total. The summed E-state index contributed by atoms with van der Waals surface area (Å²) in [4.78, 5) is 15.1. The van der Waals surface area contributed by atoms with Crippen LogP contribution in [0.4, 0.5) is 4.39 Å². The standard InChI is InChI=1S/C25H18FN3O2S2/c1-16-9-10-17(12-21(16)26)23-18(14-29(27-23)19-6-3-2-4-7-19)13-22-24(30)28(25(32)33-22)15-20-8-5-11-31-20/h2-14H,15H2,1H3. The molecule has 1 amide bonds. The Bertz CT molecular complexity index is 1380. The van der Waals surface area contributed by atoms with Gasteiger partial charge < -0.3 is 4.42 Å². The highest BCUT2D eigenvalue weighted by Gasteiger charge is 2.33. The van der Waals surface area contributed by atoms with Gasteiger partial charge in [0.2, 0.25) is 0 Å². The molecule has 8 heteroatoms. The van der Waals surface area contributed by atoms with Crippen LogP contribution in [-0.2, 0) is 11.3 Å². The molecule has 1 aliphatic heterocycles. The van der Waals surface area contributed by atoms with Crippen molar-refractivity contribution < 1.29 is 13.6 Å². The van der Waals surface area contributed by atoms with E-state index in [0.29, 0.717) is 37.4 Å². The van der Waals surface area contributed by atoms with E-state index in [-0.39, 0.29) is 18.3 Å². The summed E-state index contributed by atoms with van der Waals surface area (Å²) in [6.45, 7) is 1.99. The van der Waals surface area contributed by atoms with Gasteiger partial charge in [0, 0.05) is 17.3 Å². The summed E-state index contributed by atoms with van der Waals surface area (Å²) in [5.41, 5.74) is 3.32. The van der Waals surface area contributed by atoms with E-state index >= 15 is 0 Å². The minimum Gasteiger partial charge on any atom is -0.467 e. The van der Waals surface area contributed by atoms with Crippen LogP contribution < -0.4 is 0 Å². The molecule has 0 aliphatic carbocycles. The van der Waals surface area contributed by atoms with E-state index in [1.807, 2.05) is 42.6 Å². The van der Waals surface area contributed by atoms with Crippen molar-refractivity contribution in [3.8, 4) is 16.9 Å². The Balaban J connectivity index is 1.56. The first-order chi connectivity index (χ1) is 16.0. The fourth-order valence-electron chi connectivity index (χ4n) is 3.51. The summed E-state index contributed by atoms with van der Waals surface area (Å²) in [7, 11) is 0. The number of thioether (sulfide) groups is 1. The van der Waals surface area contributed by atoms with Crippen LogP contribution in [0.15, 0.2) is 82.4 Å². The van der Waals surface area contributed by atoms with Crippen LogP contribution in [0.25, 0.3) is 23.0 Å². The first-order valence-electron chi connectivity index (χ1n) is 10.2. The van der Waals surface area contributed by atoms with Crippen LogP contribution in [0.1, 0.15) is 16.9 Å². The van der Waals surface area contributed by atoms with E-state index in [1.54, 1.807) is 42.1 Å². The smallest absolute Gasteiger partial charge is 0.266 e. The second-order valence-electron chi connectivity index (χ2n) is 7.52. The molecule has 33 heavy (non-hydrogen) atoms. The maximum atomic E-state index is 14.3. The average Bonchev–Trinajstić information content (AvgIpc) is 3.54. The number of carbonyl (C=O) groups is 1. The Morgan fingerprint density at radius 1 is 1.15 bits per heavy atom. The van der Waals surface area contributed by atoms with E-state index in [0.717, 1.165) is 5.69 Å². The molecule has 1 saturated heterocycles. The molecular weight excluding hydrogens is 457 g/mol. The topological polar surface area (TPSA) is 51.3 Å². The molecule has 1 fully saturated rings. The molecule has 2 aromatic heterocycles. The third-order valence-electron chi connectivity index (χ3n) is 5.26. The van der Waals surface area contributed by atoms with Crippen LogP contribution in [0.5, 0.6) is 0 Å². The van der Waals surface area contributed by atoms with Crippen LogP contribution in [0.2, 0.25) is 0 Å². The van der Waals surface area contributed by atoms with E-state index in [1.165, 1.54) is 22.7 Å². The Labute approximate surface area is 199 Å². The molecule has 0 spiro atoms. The average molecular weight is 476 g/mol. The third kappa shape index (κ3) is 4.27. The number of benzene rings is 2. The Morgan fingerprint density at radius 2 is 1.97 bits per heavy atom. The largest absolute Gasteiger partial charge is 0.467 e. The molecule has 164 valence electrons. The number of carbonyl (C=O) groups excluding carboxylic acids is 1. The monoisotopic (exact) mass is 475 g/mol. The lowest BCUT2D eigenvalue weighted by Crippen LogP contribution is -2.27. The van der Waals surface area contributed by atoms with Gasteiger partial charge in [-0.05, 0) is 48.9 Å². The third-order valence-corrected chi connectivity index (χ3v) is 6.64. The van der Waals surface area contributed by atoms with Gasteiger partial charge in [0.15, 0.2) is 0 Å². The molecule has 3 heterocycles. The van der Waals surface area contributed by atoms with Gasteiger partial charge in [0.1, 0.15) is 21.6 Å². The SMILES string of the molecule is Cc1ccc(-c2nn(-c3ccccc3)cc2C=C2SC(=S)N(Cc3ccco3)C2=O)cc1F. The molecule has 0 atom stereocenters. The molecule has 0 radical (unpaired) electrons. The molecule has 0 saturated carbocycles. The first-order valence-corrected chi connectivity index (χ1v) is 11.4. The van der Waals surface area contributed by atoms with Gasteiger partial charge in [-0.3, -0.25) is 9.69 Å². The van der Waals surface area contributed by atoms with Crippen LogP contribution >= 0.6 is 24.0 Å². The van der Waals surface area contributed by atoms with E-state index in [9.17, 15) is 9.18 Å². The van der Waals surface area contributed by atoms with Gasteiger partial charge in [-0.2, -0.15) is 5.10 Å². The molecule has 1 aliphatic rings. The zero-order valence-electron chi connectivity index (χ0n) is 17.6. The quantitative estimate of drug-likeness (QED) is 0.262. The number of hydrogen-bond acceptors (Lipinski definition) is 5. The Kier molecular flexibility index (Phi) is 5.70. The number of thiocarbonyl (C=S) groups is 1. The van der Waals surface area contributed by atoms with Gasteiger partial charge in [-0.25, -0.2) is 9.07 Å². The summed E-state index contributed by atoms with van der Waals surface area (Å²) >= 11 is 6.67. The number of hydrogen-bond donors (Lipinski definition) is 0. The number of aromatic nitrogens is 2. The predicted octanol–water partition coefficient (Wildman–Crippen LogP) is 5.98. The number of nitrogens with zero attached hydrogens (tertiary/aromatic N) is 3. The van der Waals surface area contributed by atoms with Crippen LogP contribution in [-0.4, -0.2) is 24.9 Å². The van der Waals surface area contributed by atoms with Crippen molar-refractivity contribution in [2.45, 2.75) is 13.5 Å². The van der Waals surface area contributed by atoms with Gasteiger partial charge in [-0.1, -0.05) is 54.3 Å². The Hall–Kier alpha value is -3.49. The van der Waals surface area contributed by atoms with Crippen molar-refractivity contribution in [1.29, 1.82) is 0 Å². The molecule has 5 rings (SSSR count).